The van der Waals surface area contributed by atoms with Gasteiger partial charge in [0, 0.05) is 34.0 Å². The Kier molecular flexibility index (Phi) is 4.94. The summed E-state index contributed by atoms with van der Waals surface area (Å²) in [5, 5.41) is 0.925. The predicted molar refractivity (Wildman–Crippen MR) is 94.6 cm³/mol. The SMILES string of the molecule is NCc1c(Cl)cc(Cl)cc1N(c1ccc(F)cc1)c1ccncn1. The summed E-state index contributed by atoms with van der Waals surface area (Å²) in [6, 6.07) is 11.2. The number of benzene rings is 2. The highest BCUT2D eigenvalue weighted by Crippen LogP contribution is 2.39. The molecular formula is C17H13Cl2FN4. The molecule has 0 saturated carbocycles. The number of nitrogens with two attached hydrogens (primary N) is 1. The highest BCUT2D eigenvalue weighted by atomic mass is 35.5. The molecule has 122 valence electrons. The standard InChI is InChI=1S/C17H13Cl2FN4/c18-11-7-15(19)14(9-21)16(8-11)24(17-5-6-22-10-23-17)13-3-1-12(20)2-4-13/h1-8,10H,9,21H2. The molecule has 0 aliphatic heterocycles. The van der Waals surface area contributed by atoms with Gasteiger partial charge < -0.3 is 5.73 Å². The molecule has 24 heavy (non-hydrogen) atoms. The monoisotopic (exact) mass is 362 g/mol. The average molecular weight is 363 g/mol. The van der Waals surface area contributed by atoms with Gasteiger partial charge in [-0.25, -0.2) is 14.4 Å². The Morgan fingerprint density at radius 3 is 2.46 bits per heavy atom. The van der Waals surface area contributed by atoms with Gasteiger partial charge in [-0.15, -0.1) is 0 Å². The lowest BCUT2D eigenvalue weighted by Crippen LogP contribution is -2.15. The fraction of sp³-hybridized carbons (Fsp3) is 0.0588. The Morgan fingerprint density at radius 1 is 1.08 bits per heavy atom. The van der Waals surface area contributed by atoms with Crippen LogP contribution < -0.4 is 10.6 Å². The van der Waals surface area contributed by atoms with Crippen LogP contribution in [0.15, 0.2) is 55.0 Å². The first-order chi connectivity index (χ1) is 11.6. The Hall–Kier alpha value is -2.21. The Morgan fingerprint density at radius 2 is 1.83 bits per heavy atom. The predicted octanol–water partition coefficient (Wildman–Crippen LogP) is 4.85. The van der Waals surface area contributed by atoms with E-state index in [9.17, 15) is 4.39 Å². The highest BCUT2D eigenvalue weighted by Gasteiger charge is 2.19. The fourth-order valence-electron chi connectivity index (χ4n) is 2.39. The molecule has 3 aromatic rings. The molecule has 0 radical (unpaired) electrons. The normalized spacial score (nSPS) is 10.7. The molecule has 2 aromatic carbocycles. The van der Waals surface area contributed by atoms with Crippen LogP contribution in [-0.4, -0.2) is 9.97 Å². The maximum Gasteiger partial charge on any atom is 0.140 e. The minimum Gasteiger partial charge on any atom is -0.326 e. The molecule has 1 aromatic heterocycles. The molecule has 0 bridgehead atoms. The van der Waals surface area contributed by atoms with E-state index in [1.165, 1.54) is 18.5 Å². The minimum atomic E-state index is -0.329. The zero-order valence-electron chi connectivity index (χ0n) is 12.5. The van der Waals surface area contributed by atoms with E-state index in [1.54, 1.807) is 41.4 Å². The molecule has 1 heterocycles. The number of hydrogen-bond acceptors (Lipinski definition) is 4. The zero-order valence-corrected chi connectivity index (χ0v) is 14.0. The third-order valence-electron chi connectivity index (χ3n) is 3.46. The Balaban J connectivity index is 2.25. The van der Waals surface area contributed by atoms with Gasteiger partial charge in [0.1, 0.15) is 18.0 Å². The van der Waals surface area contributed by atoms with Crippen LogP contribution in [0.5, 0.6) is 0 Å². The van der Waals surface area contributed by atoms with E-state index < -0.39 is 0 Å². The second-order valence-electron chi connectivity index (χ2n) is 4.97. The lowest BCUT2D eigenvalue weighted by Gasteiger charge is -2.26. The molecule has 4 nitrogen and oxygen atoms in total. The second-order valence-corrected chi connectivity index (χ2v) is 5.81. The van der Waals surface area contributed by atoms with Gasteiger partial charge in [-0.2, -0.15) is 0 Å². The number of anilines is 3. The zero-order chi connectivity index (χ0) is 17.1. The third kappa shape index (κ3) is 3.33. The molecule has 2 N–H and O–H groups in total. The smallest absolute Gasteiger partial charge is 0.140 e. The van der Waals surface area contributed by atoms with Crippen molar-refractivity contribution in [1.82, 2.24) is 9.97 Å². The van der Waals surface area contributed by atoms with Gasteiger partial charge in [0.25, 0.3) is 0 Å². The van der Waals surface area contributed by atoms with Crippen LogP contribution in [0.2, 0.25) is 10.0 Å². The lowest BCUT2D eigenvalue weighted by atomic mass is 10.1. The van der Waals surface area contributed by atoms with E-state index >= 15 is 0 Å². The van der Waals surface area contributed by atoms with Crippen LogP contribution >= 0.6 is 23.2 Å². The van der Waals surface area contributed by atoms with Crippen molar-refractivity contribution in [2.75, 3.05) is 4.90 Å². The van der Waals surface area contributed by atoms with Crippen molar-refractivity contribution in [2.24, 2.45) is 5.73 Å². The summed E-state index contributed by atoms with van der Waals surface area (Å²) in [5.74, 6) is 0.259. The molecule has 0 amide bonds. The molecule has 0 fully saturated rings. The summed E-state index contributed by atoms with van der Waals surface area (Å²) in [4.78, 5) is 10.0. The molecule has 7 heteroatoms. The number of nitrogens with zero attached hydrogens (tertiary/aromatic N) is 3. The maximum absolute atomic E-state index is 13.3. The number of hydrogen-bond donors (Lipinski definition) is 1. The van der Waals surface area contributed by atoms with Gasteiger partial charge in [0.15, 0.2) is 0 Å². The maximum atomic E-state index is 13.3. The van der Waals surface area contributed by atoms with Crippen LogP contribution in [0.4, 0.5) is 21.6 Å². The van der Waals surface area contributed by atoms with Crippen molar-refractivity contribution >= 4 is 40.4 Å². The summed E-state index contributed by atoms with van der Waals surface area (Å²) in [7, 11) is 0. The van der Waals surface area contributed by atoms with E-state index in [4.69, 9.17) is 28.9 Å². The molecule has 0 unspecified atom stereocenters. The first-order valence-corrected chi connectivity index (χ1v) is 7.85. The summed E-state index contributed by atoms with van der Waals surface area (Å²) < 4.78 is 13.3. The van der Waals surface area contributed by atoms with Crippen molar-refractivity contribution in [3.8, 4) is 0 Å². The minimum absolute atomic E-state index is 0.216. The molecular weight excluding hydrogens is 350 g/mol. The Labute approximate surface area is 148 Å². The van der Waals surface area contributed by atoms with Crippen molar-refractivity contribution in [3.63, 3.8) is 0 Å². The quantitative estimate of drug-likeness (QED) is 0.720. The topological polar surface area (TPSA) is 55.0 Å². The largest absolute Gasteiger partial charge is 0.326 e. The Bertz CT molecular complexity index is 841. The number of halogens is 3. The van der Waals surface area contributed by atoms with Crippen LogP contribution in [0, 0.1) is 5.82 Å². The summed E-state index contributed by atoms with van der Waals surface area (Å²) in [5.41, 5.74) is 7.96. The summed E-state index contributed by atoms with van der Waals surface area (Å²) >= 11 is 12.5. The van der Waals surface area contributed by atoms with E-state index in [-0.39, 0.29) is 12.4 Å². The molecule has 0 atom stereocenters. The van der Waals surface area contributed by atoms with Gasteiger partial charge in [0.2, 0.25) is 0 Å². The average Bonchev–Trinajstić information content (AvgIpc) is 2.57. The van der Waals surface area contributed by atoms with Gasteiger partial charge in [-0.1, -0.05) is 23.2 Å². The van der Waals surface area contributed by atoms with Crippen molar-refractivity contribution in [1.29, 1.82) is 0 Å². The lowest BCUT2D eigenvalue weighted by molar-refractivity contribution is 0.628. The van der Waals surface area contributed by atoms with E-state index in [0.29, 0.717) is 32.8 Å². The molecule has 0 saturated heterocycles. The van der Waals surface area contributed by atoms with Crippen molar-refractivity contribution in [3.05, 3.63) is 76.4 Å². The van der Waals surface area contributed by atoms with Crippen molar-refractivity contribution in [2.45, 2.75) is 6.54 Å². The van der Waals surface area contributed by atoms with Gasteiger partial charge in [0.05, 0.1) is 5.69 Å². The highest BCUT2D eigenvalue weighted by molar-refractivity contribution is 6.35. The van der Waals surface area contributed by atoms with E-state index in [1.807, 2.05) is 0 Å². The fourth-order valence-corrected chi connectivity index (χ4v) is 2.95. The molecule has 0 spiro atoms. The van der Waals surface area contributed by atoms with Crippen LogP contribution in [-0.2, 0) is 6.54 Å². The summed E-state index contributed by atoms with van der Waals surface area (Å²) in [6.07, 6.45) is 3.05. The molecule has 0 aliphatic rings. The van der Waals surface area contributed by atoms with Gasteiger partial charge in [-0.3, -0.25) is 4.90 Å². The first-order valence-electron chi connectivity index (χ1n) is 7.10. The number of rotatable bonds is 4. The van der Waals surface area contributed by atoms with Gasteiger partial charge in [-0.05, 0) is 42.5 Å². The molecule has 3 rings (SSSR count). The number of aromatic nitrogens is 2. The van der Waals surface area contributed by atoms with Crippen molar-refractivity contribution < 1.29 is 4.39 Å². The van der Waals surface area contributed by atoms with Crippen LogP contribution in [0.25, 0.3) is 0 Å². The first kappa shape index (κ1) is 16.6. The van der Waals surface area contributed by atoms with Crippen LogP contribution in [0.1, 0.15) is 5.56 Å². The van der Waals surface area contributed by atoms with Crippen LogP contribution in [0.3, 0.4) is 0 Å². The van der Waals surface area contributed by atoms with E-state index in [2.05, 4.69) is 9.97 Å². The second kappa shape index (κ2) is 7.13. The van der Waals surface area contributed by atoms with E-state index in [0.717, 1.165) is 0 Å². The van der Waals surface area contributed by atoms with Gasteiger partial charge >= 0.3 is 0 Å². The third-order valence-corrected chi connectivity index (χ3v) is 4.02. The molecule has 0 aliphatic carbocycles. The summed E-state index contributed by atoms with van der Waals surface area (Å²) in [6.45, 7) is 0.216.